The van der Waals surface area contributed by atoms with Gasteiger partial charge in [-0.3, -0.25) is 4.98 Å². The maximum absolute atomic E-state index is 5.88. The molecule has 0 unspecified atom stereocenters. The fourth-order valence-electron chi connectivity index (χ4n) is 2.23. The van der Waals surface area contributed by atoms with E-state index in [2.05, 4.69) is 28.7 Å². The van der Waals surface area contributed by atoms with Crippen molar-refractivity contribution in [2.45, 2.75) is 34.2 Å². The standard InChI is InChI=1S/C17H24N4O.C2H6/c1-3-21(4-2)9-10-22-15-11-14(13-18)20-17(12-15)16-7-5-6-8-19-16;1-2/h5-8,11-12H,3-4,9-10,13,18H2,1-2H3;1-2H3. The Bertz CT molecular complexity index is 571. The molecule has 24 heavy (non-hydrogen) atoms. The van der Waals surface area contributed by atoms with E-state index < -0.39 is 0 Å². The molecule has 0 bridgehead atoms. The van der Waals surface area contributed by atoms with Crippen molar-refractivity contribution in [1.29, 1.82) is 0 Å². The highest BCUT2D eigenvalue weighted by Crippen LogP contribution is 2.21. The smallest absolute Gasteiger partial charge is 0.123 e. The summed E-state index contributed by atoms with van der Waals surface area (Å²) in [4.78, 5) is 11.2. The fraction of sp³-hybridized carbons (Fsp3) is 0.474. The maximum atomic E-state index is 5.88. The zero-order valence-corrected chi connectivity index (χ0v) is 15.3. The lowest BCUT2D eigenvalue weighted by atomic mass is 10.2. The van der Waals surface area contributed by atoms with Crippen LogP contribution in [0, 0.1) is 0 Å². The van der Waals surface area contributed by atoms with Crippen LogP contribution in [0.15, 0.2) is 36.5 Å². The lowest BCUT2D eigenvalue weighted by molar-refractivity contribution is 0.222. The van der Waals surface area contributed by atoms with Crippen LogP contribution < -0.4 is 10.5 Å². The zero-order valence-electron chi connectivity index (χ0n) is 15.3. The second kappa shape index (κ2) is 11.5. The summed E-state index contributed by atoms with van der Waals surface area (Å²) in [5.74, 6) is 0.795. The summed E-state index contributed by atoms with van der Waals surface area (Å²) in [7, 11) is 0. The van der Waals surface area contributed by atoms with Crippen molar-refractivity contribution in [2.24, 2.45) is 5.73 Å². The fourth-order valence-corrected chi connectivity index (χ4v) is 2.23. The Labute approximate surface area is 145 Å². The van der Waals surface area contributed by atoms with Gasteiger partial charge in [0.2, 0.25) is 0 Å². The Hall–Kier alpha value is -1.98. The van der Waals surface area contributed by atoms with E-state index in [0.717, 1.165) is 42.5 Å². The molecule has 2 N–H and O–H groups in total. The molecular formula is C19H30N4O. The second-order valence-corrected chi connectivity index (χ2v) is 4.97. The van der Waals surface area contributed by atoms with E-state index in [-0.39, 0.29) is 0 Å². The summed E-state index contributed by atoms with van der Waals surface area (Å²) < 4.78 is 5.88. The average molecular weight is 330 g/mol. The molecule has 0 saturated heterocycles. The van der Waals surface area contributed by atoms with Crippen LogP contribution in [0.5, 0.6) is 5.75 Å². The van der Waals surface area contributed by atoms with E-state index in [4.69, 9.17) is 10.5 Å². The van der Waals surface area contributed by atoms with E-state index in [1.165, 1.54) is 0 Å². The Morgan fingerprint density at radius 3 is 2.42 bits per heavy atom. The van der Waals surface area contributed by atoms with Gasteiger partial charge in [-0.2, -0.15) is 0 Å². The number of likely N-dealkylation sites (N-methyl/N-ethyl adjacent to an activating group) is 1. The summed E-state index contributed by atoms with van der Waals surface area (Å²) in [6, 6.07) is 9.58. The SMILES string of the molecule is CC.CCN(CC)CCOc1cc(CN)nc(-c2ccccn2)c1. The van der Waals surface area contributed by atoms with Gasteiger partial charge in [0.15, 0.2) is 0 Å². The van der Waals surface area contributed by atoms with Gasteiger partial charge in [0.25, 0.3) is 0 Å². The average Bonchev–Trinajstić information content (AvgIpc) is 2.67. The van der Waals surface area contributed by atoms with Crippen LogP contribution in [0.4, 0.5) is 0 Å². The summed E-state index contributed by atoms with van der Waals surface area (Å²) in [6.45, 7) is 12.3. The Kier molecular flexibility index (Phi) is 9.65. The monoisotopic (exact) mass is 330 g/mol. The molecule has 0 aliphatic rings. The number of hydrogen-bond acceptors (Lipinski definition) is 5. The second-order valence-electron chi connectivity index (χ2n) is 4.97. The molecule has 2 rings (SSSR count). The van der Waals surface area contributed by atoms with E-state index >= 15 is 0 Å². The van der Waals surface area contributed by atoms with Gasteiger partial charge in [-0.15, -0.1) is 0 Å². The first kappa shape index (κ1) is 20.1. The van der Waals surface area contributed by atoms with Gasteiger partial charge >= 0.3 is 0 Å². The number of hydrogen-bond donors (Lipinski definition) is 1. The summed E-state index contributed by atoms with van der Waals surface area (Å²) >= 11 is 0. The van der Waals surface area contributed by atoms with Crippen molar-refractivity contribution in [3.63, 3.8) is 0 Å². The number of aromatic nitrogens is 2. The van der Waals surface area contributed by atoms with Crippen molar-refractivity contribution in [1.82, 2.24) is 14.9 Å². The molecule has 0 aliphatic heterocycles. The van der Waals surface area contributed by atoms with Crippen LogP contribution in [0.3, 0.4) is 0 Å². The van der Waals surface area contributed by atoms with E-state index in [0.29, 0.717) is 13.2 Å². The zero-order chi connectivity index (χ0) is 17.8. The number of ether oxygens (including phenoxy) is 1. The van der Waals surface area contributed by atoms with Crippen LogP contribution in [-0.4, -0.2) is 41.1 Å². The highest BCUT2D eigenvalue weighted by atomic mass is 16.5. The molecule has 5 heteroatoms. The molecule has 0 spiro atoms. The summed E-state index contributed by atoms with van der Waals surface area (Å²) in [5.41, 5.74) is 8.16. The van der Waals surface area contributed by atoms with Crippen molar-refractivity contribution in [2.75, 3.05) is 26.2 Å². The minimum absolute atomic E-state index is 0.382. The van der Waals surface area contributed by atoms with Crippen LogP contribution in [-0.2, 0) is 6.54 Å². The number of pyridine rings is 2. The van der Waals surface area contributed by atoms with Gasteiger partial charge in [-0.1, -0.05) is 33.8 Å². The summed E-state index contributed by atoms with van der Waals surface area (Å²) in [6.07, 6.45) is 1.76. The molecule has 0 radical (unpaired) electrons. The molecule has 0 saturated carbocycles. The molecule has 0 atom stereocenters. The first-order chi connectivity index (χ1) is 11.8. The van der Waals surface area contributed by atoms with Gasteiger partial charge < -0.3 is 15.4 Å². The minimum atomic E-state index is 0.382. The Morgan fingerprint density at radius 2 is 1.83 bits per heavy atom. The molecule has 0 aromatic carbocycles. The normalized spacial score (nSPS) is 10.2. The van der Waals surface area contributed by atoms with Crippen molar-refractivity contribution < 1.29 is 4.74 Å². The number of rotatable bonds is 8. The molecule has 132 valence electrons. The summed E-state index contributed by atoms with van der Waals surface area (Å²) in [5, 5.41) is 0. The molecule has 2 aromatic rings. The maximum Gasteiger partial charge on any atom is 0.123 e. The van der Waals surface area contributed by atoms with Crippen molar-refractivity contribution in [3.8, 4) is 17.1 Å². The molecular weight excluding hydrogens is 300 g/mol. The minimum Gasteiger partial charge on any atom is -0.492 e. The van der Waals surface area contributed by atoms with Gasteiger partial charge in [0, 0.05) is 31.4 Å². The predicted octanol–water partition coefficient (Wildman–Crippen LogP) is 3.35. The number of nitrogens with zero attached hydrogens (tertiary/aromatic N) is 3. The topological polar surface area (TPSA) is 64.3 Å². The van der Waals surface area contributed by atoms with E-state index in [1.807, 2.05) is 44.2 Å². The first-order valence-electron chi connectivity index (χ1n) is 8.74. The van der Waals surface area contributed by atoms with E-state index in [1.54, 1.807) is 6.20 Å². The van der Waals surface area contributed by atoms with Gasteiger partial charge in [-0.25, -0.2) is 4.98 Å². The molecule has 0 fully saturated rings. The molecule has 2 heterocycles. The molecule has 5 nitrogen and oxygen atoms in total. The van der Waals surface area contributed by atoms with Gasteiger partial charge in [-0.05, 0) is 25.2 Å². The third kappa shape index (κ3) is 6.26. The lowest BCUT2D eigenvalue weighted by Crippen LogP contribution is -2.27. The van der Waals surface area contributed by atoms with Gasteiger partial charge in [0.1, 0.15) is 12.4 Å². The van der Waals surface area contributed by atoms with Crippen LogP contribution in [0.2, 0.25) is 0 Å². The van der Waals surface area contributed by atoms with E-state index in [9.17, 15) is 0 Å². The molecule has 0 amide bonds. The third-order valence-electron chi connectivity index (χ3n) is 3.56. The Balaban J connectivity index is 0.00000139. The number of nitrogens with two attached hydrogens (primary N) is 1. The highest BCUT2D eigenvalue weighted by molar-refractivity contribution is 5.56. The van der Waals surface area contributed by atoms with Crippen molar-refractivity contribution >= 4 is 0 Å². The largest absolute Gasteiger partial charge is 0.492 e. The lowest BCUT2D eigenvalue weighted by Gasteiger charge is -2.18. The predicted molar refractivity (Wildman–Crippen MR) is 100.0 cm³/mol. The highest BCUT2D eigenvalue weighted by Gasteiger charge is 2.07. The van der Waals surface area contributed by atoms with Crippen LogP contribution in [0.1, 0.15) is 33.4 Å². The quantitative estimate of drug-likeness (QED) is 0.804. The molecule has 2 aromatic heterocycles. The third-order valence-corrected chi connectivity index (χ3v) is 3.56. The molecule has 0 aliphatic carbocycles. The van der Waals surface area contributed by atoms with Crippen LogP contribution in [0.25, 0.3) is 11.4 Å². The Morgan fingerprint density at radius 1 is 1.08 bits per heavy atom. The van der Waals surface area contributed by atoms with Crippen LogP contribution >= 0.6 is 0 Å². The van der Waals surface area contributed by atoms with Crippen molar-refractivity contribution in [3.05, 3.63) is 42.2 Å². The van der Waals surface area contributed by atoms with Gasteiger partial charge in [0.05, 0.1) is 17.1 Å². The first-order valence-corrected chi connectivity index (χ1v) is 8.74.